The molecule has 16 aromatic carbocycles. The molecule has 0 aliphatic heterocycles. The SMILES string of the molecule is CC1(C)c2ccccc2-c2ccc(N(c3ccc(-c4cc5nc(-c6ccc(-c7ccc8c(c7)oc7ccc(N(c9ccc(-c%10cc%11ccccc%11c%11oc(-c%12ccccc%12)nc%10%11)cc9)c9ccc%10c(c9)C(C)(C)c9ccccc9-%10)cc78)cc6)oc5c5ccccc45)cc3)c3ccc4oc5ccccc5c4c3)cc21. The van der Waals surface area contributed by atoms with Crippen molar-refractivity contribution in [2.75, 3.05) is 9.80 Å². The van der Waals surface area contributed by atoms with E-state index in [1.807, 2.05) is 42.5 Å². The lowest BCUT2D eigenvalue weighted by Gasteiger charge is -2.28. The molecule has 2 aliphatic carbocycles. The van der Waals surface area contributed by atoms with Crippen molar-refractivity contribution >= 4 is 122 Å². The summed E-state index contributed by atoms with van der Waals surface area (Å²) in [6.45, 7) is 9.37. The van der Waals surface area contributed by atoms with Crippen LogP contribution in [0.25, 0.3) is 166 Å². The van der Waals surface area contributed by atoms with Gasteiger partial charge in [-0.1, -0.05) is 216 Å². The highest BCUT2D eigenvalue weighted by Gasteiger charge is 2.38. The molecule has 2 aliphatic rings. The molecule has 4 aromatic heterocycles. The van der Waals surface area contributed by atoms with E-state index >= 15 is 0 Å². The van der Waals surface area contributed by atoms with Gasteiger partial charge in [-0.05, 0) is 223 Å². The van der Waals surface area contributed by atoms with E-state index in [9.17, 15) is 0 Å². The molecule has 0 fully saturated rings. The molecule has 0 radical (unpaired) electrons. The Morgan fingerprint density at radius 1 is 0.241 bits per heavy atom. The Morgan fingerprint density at radius 3 is 1.33 bits per heavy atom. The van der Waals surface area contributed by atoms with Crippen molar-refractivity contribution < 1.29 is 17.7 Å². The number of nitrogens with zero attached hydrogens (tertiary/aromatic N) is 4. The summed E-state index contributed by atoms with van der Waals surface area (Å²) in [7, 11) is 0. The number of para-hydroxylation sites is 1. The summed E-state index contributed by atoms with van der Waals surface area (Å²) >= 11 is 0. The minimum atomic E-state index is -0.197. The summed E-state index contributed by atoms with van der Waals surface area (Å²) in [5.74, 6) is 1.16. The van der Waals surface area contributed by atoms with E-state index in [0.717, 1.165) is 166 Å². The fourth-order valence-corrected chi connectivity index (χ4v) is 17.7. The molecule has 0 bridgehead atoms. The first-order valence-electron chi connectivity index (χ1n) is 37.0. The maximum atomic E-state index is 6.80. The summed E-state index contributed by atoms with van der Waals surface area (Å²) in [6.07, 6.45) is 0. The summed E-state index contributed by atoms with van der Waals surface area (Å²) < 4.78 is 26.6. The minimum Gasteiger partial charge on any atom is -0.456 e. The van der Waals surface area contributed by atoms with E-state index < -0.39 is 0 Å². The van der Waals surface area contributed by atoms with Gasteiger partial charge in [0.1, 0.15) is 33.4 Å². The van der Waals surface area contributed by atoms with E-state index in [1.54, 1.807) is 0 Å². The van der Waals surface area contributed by atoms with E-state index in [-0.39, 0.29) is 10.8 Å². The van der Waals surface area contributed by atoms with E-state index in [4.69, 9.17) is 27.6 Å². The van der Waals surface area contributed by atoms with Gasteiger partial charge < -0.3 is 27.5 Å². The Morgan fingerprint density at radius 2 is 0.685 bits per heavy atom. The number of benzene rings is 16. The van der Waals surface area contributed by atoms with Crippen LogP contribution < -0.4 is 9.80 Å². The molecular weight excluding hydrogens is 1320 g/mol. The van der Waals surface area contributed by atoms with Crippen LogP contribution >= 0.6 is 0 Å². The van der Waals surface area contributed by atoms with Crippen LogP contribution in [0.4, 0.5) is 34.1 Å². The second-order valence-electron chi connectivity index (χ2n) is 30.0. The molecule has 22 rings (SSSR count). The maximum Gasteiger partial charge on any atom is 0.227 e. The first-order chi connectivity index (χ1) is 53.0. The van der Waals surface area contributed by atoms with Gasteiger partial charge in [0.2, 0.25) is 11.8 Å². The van der Waals surface area contributed by atoms with Gasteiger partial charge >= 0.3 is 0 Å². The summed E-state index contributed by atoms with van der Waals surface area (Å²) in [4.78, 5) is 15.2. The Labute approximate surface area is 622 Å². The van der Waals surface area contributed by atoms with Crippen LogP contribution in [0, 0.1) is 0 Å². The second kappa shape index (κ2) is 23.3. The highest BCUT2D eigenvalue weighted by Crippen LogP contribution is 2.54. The Hall–Kier alpha value is -13.8. The van der Waals surface area contributed by atoms with Crippen LogP contribution in [-0.2, 0) is 10.8 Å². The molecule has 8 heteroatoms. The van der Waals surface area contributed by atoms with Crippen molar-refractivity contribution in [3.05, 3.63) is 350 Å². The first kappa shape index (κ1) is 61.6. The molecule has 20 aromatic rings. The lowest BCUT2D eigenvalue weighted by atomic mass is 9.82. The number of furan rings is 2. The highest BCUT2D eigenvalue weighted by molar-refractivity contribution is 6.13. The van der Waals surface area contributed by atoms with Crippen molar-refractivity contribution in [1.29, 1.82) is 0 Å². The Balaban J connectivity index is 0.581. The highest BCUT2D eigenvalue weighted by atomic mass is 16.4. The summed E-state index contributed by atoms with van der Waals surface area (Å²) in [6, 6.07) is 117. The number of hydrogen-bond donors (Lipinski definition) is 0. The number of anilines is 6. The molecule has 0 atom stereocenters. The fraction of sp³-hybridized carbons (Fsp3) is 0.0600. The lowest BCUT2D eigenvalue weighted by Crippen LogP contribution is -2.16. The molecule has 0 unspecified atom stereocenters. The van der Waals surface area contributed by atoms with Crippen molar-refractivity contribution in [2.24, 2.45) is 0 Å². The average molecular weight is 1390 g/mol. The molecule has 0 spiro atoms. The van der Waals surface area contributed by atoms with Gasteiger partial charge in [-0.2, -0.15) is 0 Å². The molecular formula is C100H66N4O4. The van der Waals surface area contributed by atoms with Crippen LogP contribution in [0.1, 0.15) is 49.9 Å². The van der Waals surface area contributed by atoms with Crippen molar-refractivity contribution in [1.82, 2.24) is 9.97 Å². The molecule has 108 heavy (non-hydrogen) atoms. The van der Waals surface area contributed by atoms with Crippen molar-refractivity contribution in [3.8, 4) is 78.5 Å². The fourth-order valence-electron chi connectivity index (χ4n) is 17.7. The molecule has 510 valence electrons. The van der Waals surface area contributed by atoms with Crippen LogP contribution in [0.15, 0.2) is 345 Å². The molecule has 0 amide bonds. The van der Waals surface area contributed by atoms with Crippen LogP contribution in [0.5, 0.6) is 0 Å². The second-order valence-corrected chi connectivity index (χ2v) is 30.0. The quantitative estimate of drug-likeness (QED) is 0.127. The summed E-state index contributed by atoms with van der Waals surface area (Å²) in [5.41, 5.74) is 31.0. The third-order valence-electron chi connectivity index (χ3n) is 23.1. The predicted molar refractivity (Wildman–Crippen MR) is 443 cm³/mol. The third-order valence-corrected chi connectivity index (χ3v) is 23.1. The zero-order chi connectivity index (χ0) is 71.7. The molecule has 0 saturated carbocycles. The van der Waals surface area contributed by atoms with Crippen LogP contribution in [0.3, 0.4) is 0 Å². The van der Waals surface area contributed by atoms with E-state index in [1.165, 1.54) is 44.5 Å². The molecule has 4 heterocycles. The van der Waals surface area contributed by atoms with Crippen LogP contribution in [0.2, 0.25) is 0 Å². The van der Waals surface area contributed by atoms with Gasteiger partial charge in [-0.3, -0.25) is 0 Å². The lowest BCUT2D eigenvalue weighted by molar-refractivity contribution is 0.622. The predicted octanol–water partition coefficient (Wildman–Crippen LogP) is 28.0. The van der Waals surface area contributed by atoms with E-state index in [0.29, 0.717) is 11.8 Å². The van der Waals surface area contributed by atoms with Crippen molar-refractivity contribution in [2.45, 2.75) is 38.5 Å². The number of oxazole rings is 2. The number of rotatable bonds is 11. The molecule has 8 nitrogen and oxygen atoms in total. The van der Waals surface area contributed by atoms with Crippen LogP contribution in [-0.4, -0.2) is 9.97 Å². The van der Waals surface area contributed by atoms with E-state index in [2.05, 4.69) is 323 Å². The standard InChI is InChI=1S/C100H66N4O4/c1-99(2)85-27-15-12-23-74(85)76-48-43-70(56-87(76)99)103(68-45-50-91-83(54-68)78-25-14-17-29-90(78)105-91)66-39-34-60(35-40-66)81-58-89-95(80-26-11-10-22-73(80)81)107-97(101-89)63-32-30-59(31-33-63)64-38-47-79-84-55-69(46-51-92(84)106-93(79)53-64)104(71-44-49-77-75-24-13-16-28-86(75)100(3,4)88(77)57-71)67-41-36-61(37-42-67)82-52-65-20-8-9-21-72(65)96-94(82)102-98(108-96)62-18-6-5-7-19-62/h5-58H,1-4H3. The largest absolute Gasteiger partial charge is 0.456 e. The monoisotopic (exact) mass is 1390 g/mol. The number of hydrogen-bond acceptors (Lipinski definition) is 8. The first-order valence-corrected chi connectivity index (χ1v) is 37.0. The Kier molecular flexibility index (Phi) is 13.3. The third kappa shape index (κ3) is 9.49. The van der Waals surface area contributed by atoms with Gasteiger partial charge in [-0.15, -0.1) is 0 Å². The van der Waals surface area contributed by atoms with Gasteiger partial charge in [0.15, 0.2) is 11.2 Å². The zero-order valence-electron chi connectivity index (χ0n) is 59.6. The molecule has 0 saturated heterocycles. The van der Waals surface area contributed by atoms with Gasteiger partial charge in [-0.25, -0.2) is 9.97 Å². The van der Waals surface area contributed by atoms with Gasteiger partial charge in [0.25, 0.3) is 0 Å². The van der Waals surface area contributed by atoms with Crippen molar-refractivity contribution in [3.63, 3.8) is 0 Å². The number of fused-ring (bicyclic) bond motifs is 18. The zero-order valence-corrected chi connectivity index (χ0v) is 59.6. The maximum absolute atomic E-state index is 6.80. The smallest absolute Gasteiger partial charge is 0.227 e. The summed E-state index contributed by atoms with van der Waals surface area (Å²) in [5, 5.41) is 8.46. The average Bonchev–Trinajstić information content (AvgIpc) is 1.51. The molecule has 0 N–H and O–H groups in total. The minimum absolute atomic E-state index is 0.167. The topological polar surface area (TPSA) is 84.8 Å². The Bertz CT molecular complexity index is 7120. The van der Waals surface area contributed by atoms with Gasteiger partial charge in [0.05, 0.1) is 0 Å². The van der Waals surface area contributed by atoms with Gasteiger partial charge in [0, 0.05) is 94.0 Å². The normalized spacial score (nSPS) is 13.3. The number of aromatic nitrogens is 2.